The zero-order valence-corrected chi connectivity index (χ0v) is 16.8. The van der Waals surface area contributed by atoms with Crippen LogP contribution < -0.4 is 4.74 Å². The van der Waals surface area contributed by atoms with Gasteiger partial charge in [-0.15, -0.1) is 5.10 Å². The van der Waals surface area contributed by atoms with Gasteiger partial charge < -0.3 is 9.84 Å². The maximum atomic E-state index is 9.00. The number of hydrogen-bond donors (Lipinski definition) is 1. The topological polar surface area (TPSA) is 76.7 Å². The number of aromatic nitrogens is 3. The fourth-order valence-electron chi connectivity index (χ4n) is 2.06. The van der Waals surface area contributed by atoms with Crippen LogP contribution in [0, 0.1) is 0 Å². The molecule has 3 aromatic rings. The number of carboxylic acids is 1. The molecule has 0 aliphatic rings. The Morgan fingerprint density at radius 2 is 2.00 bits per heavy atom. The third-order valence-corrected chi connectivity index (χ3v) is 3.78. The summed E-state index contributed by atoms with van der Waals surface area (Å²) in [4.78, 5) is 13.3. The molecule has 0 amide bonds. The molecule has 0 aliphatic heterocycles. The number of rotatable bonds is 3. The predicted octanol–water partition coefficient (Wildman–Crippen LogP) is 3.87. The van der Waals surface area contributed by atoms with Crippen LogP contribution >= 0.6 is 23.4 Å². The molecule has 9 heteroatoms. The van der Waals surface area contributed by atoms with Gasteiger partial charge in [0.2, 0.25) is 5.16 Å². The maximum Gasteiger partial charge on any atom is 0.300 e. The van der Waals surface area contributed by atoms with Crippen molar-refractivity contribution in [1.82, 2.24) is 14.6 Å². The van der Waals surface area contributed by atoms with Gasteiger partial charge in [-0.05, 0) is 36.6 Å². The van der Waals surface area contributed by atoms with Crippen molar-refractivity contribution in [3.63, 3.8) is 0 Å². The standard InChI is InChI=1S/C14H12ClN3OS.C2H4O2.Pd/c1-19-13-6-3-9(15)7-11(13)12-5-4-10-8-16-14(20-2)17-18(10)12;1-2(3)4;/h3-8H,1-2H3;1H3,(H,3,4);. The van der Waals surface area contributed by atoms with Gasteiger partial charge >= 0.3 is 0 Å². The molecular formula is C16H16ClN3O3PdS. The molecule has 0 radical (unpaired) electrons. The summed E-state index contributed by atoms with van der Waals surface area (Å²) in [6, 6.07) is 9.50. The number of hydrogen-bond acceptors (Lipinski definition) is 5. The number of aliphatic carboxylic acids is 1. The first-order valence-electron chi connectivity index (χ1n) is 6.88. The molecule has 6 nitrogen and oxygen atoms in total. The van der Waals surface area contributed by atoms with E-state index in [1.807, 2.05) is 41.1 Å². The van der Waals surface area contributed by atoms with Crippen molar-refractivity contribution in [2.75, 3.05) is 13.4 Å². The van der Waals surface area contributed by atoms with Crippen LogP contribution in [-0.2, 0) is 25.2 Å². The average molecular weight is 472 g/mol. The molecule has 0 saturated heterocycles. The largest absolute Gasteiger partial charge is 0.496 e. The fourth-order valence-corrected chi connectivity index (χ4v) is 2.56. The summed E-state index contributed by atoms with van der Waals surface area (Å²) in [6.07, 6.45) is 3.75. The quantitative estimate of drug-likeness (QED) is 0.461. The maximum absolute atomic E-state index is 9.00. The average Bonchev–Trinajstić information content (AvgIpc) is 2.97. The van der Waals surface area contributed by atoms with Gasteiger partial charge in [0, 0.05) is 37.9 Å². The fraction of sp³-hybridized carbons (Fsp3) is 0.188. The van der Waals surface area contributed by atoms with E-state index in [0.29, 0.717) is 5.02 Å². The Kier molecular flexibility index (Phi) is 8.39. The van der Waals surface area contributed by atoms with Crippen molar-refractivity contribution < 1.29 is 35.1 Å². The number of halogens is 1. The Labute approximate surface area is 168 Å². The summed E-state index contributed by atoms with van der Waals surface area (Å²) in [6.45, 7) is 1.08. The molecule has 2 aromatic heterocycles. The van der Waals surface area contributed by atoms with Gasteiger partial charge in [-0.3, -0.25) is 4.79 Å². The van der Waals surface area contributed by atoms with Crippen molar-refractivity contribution >= 4 is 34.8 Å². The first-order chi connectivity index (χ1) is 11.5. The second kappa shape index (κ2) is 9.78. The normalized spacial score (nSPS) is 9.76. The van der Waals surface area contributed by atoms with Crippen LogP contribution in [0.25, 0.3) is 16.8 Å². The molecule has 0 saturated carbocycles. The first-order valence-corrected chi connectivity index (χ1v) is 8.48. The Bertz CT molecular complexity index is 869. The molecule has 0 bridgehead atoms. The molecule has 0 spiro atoms. The van der Waals surface area contributed by atoms with E-state index in [1.165, 1.54) is 11.8 Å². The second-order valence-corrected chi connectivity index (χ2v) is 5.87. The number of thioether (sulfide) groups is 1. The number of methoxy groups -OCH3 is 1. The smallest absolute Gasteiger partial charge is 0.300 e. The Morgan fingerprint density at radius 1 is 1.32 bits per heavy atom. The summed E-state index contributed by atoms with van der Waals surface area (Å²) in [5.41, 5.74) is 2.77. The van der Waals surface area contributed by atoms with E-state index in [2.05, 4.69) is 10.1 Å². The van der Waals surface area contributed by atoms with Crippen LogP contribution in [-0.4, -0.2) is 39.0 Å². The number of benzene rings is 1. The Balaban J connectivity index is 0.000000568. The molecule has 0 fully saturated rings. The third-order valence-electron chi connectivity index (χ3n) is 3.00. The monoisotopic (exact) mass is 471 g/mol. The molecule has 0 aliphatic carbocycles. The number of fused-ring (bicyclic) bond motifs is 1. The van der Waals surface area contributed by atoms with Gasteiger partial charge in [-0.2, -0.15) is 0 Å². The number of carboxylic acid groups (broad SMARTS) is 1. The summed E-state index contributed by atoms with van der Waals surface area (Å²) >= 11 is 7.60. The van der Waals surface area contributed by atoms with Crippen molar-refractivity contribution in [1.29, 1.82) is 0 Å². The van der Waals surface area contributed by atoms with Gasteiger partial charge in [-0.25, -0.2) is 9.50 Å². The van der Waals surface area contributed by atoms with E-state index in [0.717, 1.165) is 34.6 Å². The minimum atomic E-state index is -0.833. The van der Waals surface area contributed by atoms with Crippen molar-refractivity contribution in [3.8, 4) is 17.0 Å². The molecule has 0 atom stereocenters. The molecule has 1 N–H and O–H groups in total. The van der Waals surface area contributed by atoms with Crippen LogP contribution in [0.2, 0.25) is 5.02 Å². The molecule has 136 valence electrons. The zero-order chi connectivity index (χ0) is 17.7. The molecular weight excluding hydrogens is 456 g/mol. The zero-order valence-electron chi connectivity index (χ0n) is 13.7. The van der Waals surface area contributed by atoms with Crippen molar-refractivity contribution in [2.24, 2.45) is 0 Å². The molecule has 3 rings (SSSR count). The molecule has 0 unspecified atom stereocenters. The van der Waals surface area contributed by atoms with E-state index in [9.17, 15) is 0 Å². The van der Waals surface area contributed by atoms with E-state index in [-0.39, 0.29) is 20.4 Å². The third kappa shape index (κ3) is 5.45. The van der Waals surface area contributed by atoms with Crippen molar-refractivity contribution in [2.45, 2.75) is 12.1 Å². The molecule has 25 heavy (non-hydrogen) atoms. The SMILES string of the molecule is CC(=O)O.COc1ccc(Cl)cc1-c1ccc2cnc(SC)nn12.[Pd]. The van der Waals surface area contributed by atoms with E-state index < -0.39 is 5.97 Å². The summed E-state index contributed by atoms with van der Waals surface area (Å²) in [5.74, 6) is -0.0706. The van der Waals surface area contributed by atoms with Crippen LogP contribution in [0.5, 0.6) is 5.75 Å². The number of carbonyl (C=O) groups is 1. The van der Waals surface area contributed by atoms with Crippen LogP contribution in [0.4, 0.5) is 0 Å². The summed E-state index contributed by atoms with van der Waals surface area (Å²) in [7, 11) is 1.64. The van der Waals surface area contributed by atoms with E-state index in [4.69, 9.17) is 26.2 Å². The van der Waals surface area contributed by atoms with Gasteiger partial charge in [0.25, 0.3) is 5.97 Å². The minimum Gasteiger partial charge on any atom is -0.496 e. The number of nitrogens with zero attached hydrogens (tertiary/aromatic N) is 3. The summed E-state index contributed by atoms with van der Waals surface area (Å²) < 4.78 is 7.26. The van der Waals surface area contributed by atoms with Crippen LogP contribution in [0.3, 0.4) is 0 Å². The number of ether oxygens (including phenoxy) is 1. The van der Waals surface area contributed by atoms with Crippen molar-refractivity contribution in [3.05, 3.63) is 41.6 Å². The van der Waals surface area contributed by atoms with Gasteiger partial charge in [0.15, 0.2) is 0 Å². The van der Waals surface area contributed by atoms with Gasteiger partial charge in [0.05, 0.1) is 24.5 Å². The second-order valence-electron chi connectivity index (χ2n) is 4.66. The first kappa shape index (κ1) is 21.5. The predicted molar refractivity (Wildman–Crippen MR) is 95.1 cm³/mol. The Hall–Kier alpha value is -1.59. The minimum absolute atomic E-state index is 0. The van der Waals surface area contributed by atoms with Crippen LogP contribution in [0.15, 0.2) is 41.7 Å². The van der Waals surface area contributed by atoms with Gasteiger partial charge in [0.1, 0.15) is 5.75 Å². The Morgan fingerprint density at radius 3 is 2.60 bits per heavy atom. The van der Waals surface area contributed by atoms with Gasteiger partial charge in [-0.1, -0.05) is 23.4 Å². The van der Waals surface area contributed by atoms with E-state index >= 15 is 0 Å². The van der Waals surface area contributed by atoms with E-state index in [1.54, 1.807) is 13.3 Å². The molecule has 1 aromatic carbocycles. The summed E-state index contributed by atoms with van der Waals surface area (Å²) in [5, 5.41) is 13.3. The molecule has 2 heterocycles. The van der Waals surface area contributed by atoms with Crippen LogP contribution in [0.1, 0.15) is 6.92 Å².